The zero-order valence-corrected chi connectivity index (χ0v) is 18.9. The van der Waals surface area contributed by atoms with Crippen LogP contribution in [0.1, 0.15) is 82.0 Å². The topological polar surface area (TPSA) is 24.3 Å². The Morgan fingerprint density at radius 2 is 1.60 bits per heavy atom. The summed E-state index contributed by atoms with van der Waals surface area (Å²) in [6, 6.07) is 9.45. The maximum atomic E-state index is 5.16. The van der Waals surface area contributed by atoms with E-state index in [4.69, 9.17) is 4.98 Å². The molecule has 1 unspecified atom stereocenters. The summed E-state index contributed by atoms with van der Waals surface area (Å²) in [5.74, 6) is 2.90. The van der Waals surface area contributed by atoms with Gasteiger partial charge in [-0.1, -0.05) is 44.2 Å². The van der Waals surface area contributed by atoms with Crippen LogP contribution in [0.5, 0.6) is 0 Å². The lowest BCUT2D eigenvalue weighted by Gasteiger charge is -2.36. The molecule has 1 aromatic heterocycles. The van der Waals surface area contributed by atoms with Crippen molar-refractivity contribution in [1.82, 2.24) is 19.4 Å². The Bertz CT molecular complexity index is 812. The van der Waals surface area contributed by atoms with Gasteiger partial charge in [-0.3, -0.25) is 0 Å². The third-order valence-electron chi connectivity index (χ3n) is 8.04. The fourth-order valence-electron chi connectivity index (χ4n) is 6.33. The van der Waals surface area contributed by atoms with Crippen LogP contribution in [0.3, 0.4) is 0 Å². The highest BCUT2D eigenvalue weighted by molar-refractivity contribution is 5.76. The van der Waals surface area contributed by atoms with Gasteiger partial charge in [-0.2, -0.15) is 0 Å². The van der Waals surface area contributed by atoms with E-state index in [1.54, 1.807) is 0 Å². The Morgan fingerprint density at radius 3 is 2.33 bits per heavy atom. The number of aromatic nitrogens is 2. The molecular weight excluding hydrogens is 368 g/mol. The summed E-state index contributed by atoms with van der Waals surface area (Å²) in [7, 11) is 2.25. The molecule has 3 heterocycles. The zero-order valence-electron chi connectivity index (χ0n) is 18.9. The highest BCUT2D eigenvalue weighted by atomic mass is 15.2. The summed E-state index contributed by atoms with van der Waals surface area (Å²) in [5, 5.41) is 0. The Hall–Kier alpha value is -1.39. The third-order valence-corrected chi connectivity index (χ3v) is 8.04. The Morgan fingerprint density at radius 1 is 0.867 bits per heavy atom. The summed E-state index contributed by atoms with van der Waals surface area (Å²) in [5.41, 5.74) is 2.56. The molecule has 1 saturated carbocycles. The number of imidazole rings is 1. The summed E-state index contributed by atoms with van der Waals surface area (Å²) in [6.07, 6.45) is 14.1. The lowest BCUT2D eigenvalue weighted by molar-refractivity contribution is 0.151. The van der Waals surface area contributed by atoms with Gasteiger partial charge in [0.15, 0.2) is 0 Å². The van der Waals surface area contributed by atoms with E-state index in [9.17, 15) is 0 Å². The molecule has 5 rings (SSSR count). The van der Waals surface area contributed by atoms with Crippen molar-refractivity contribution in [3.63, 3.8) is 0 Å². The van der Waals surface area contributed by atoms with Gasteiger partial charge in [0.25, 0.3) is 0 Å². The first kappa shape index (κ1) is 20.5. The largest absolute Gasteiger partial charge is 0.324 e. The minimum atomic E-state index is 0.593. The third kappa shape index (κ3) is 4.45. The molecule has 4 nitrogen and oxygen atoms in total. The smallest absolute Gasteiger partial charge is 0.114 e. The molecule has 2 aliphatic heterocycles. The van der Waals surface area contributed by atoms with Gasteiger partial charge < -0.3 is 14.4 Å². The van der Waals surface area contributed by atoms with E-state index >= 15 is 0 Å². The normalized spacial score (nSPS) is 26.2. The van der Waals surface area contributed by atoms with Gasteiger partial charge in [-0.25, -0.2) is 4.98 Å². The van der Waals surface area contributed by atoms with Gasteiger partial charge in [-0.15, -0.1) is 0 Å². The van der Waals surface area contributed by atoms with Crippen molar-refractivity contribution in [3.8, 4) is 0 Å². The number of likely N-dealkylation sites (N-methyl/N-ethyl adjacent to an activating group) is 1. The molecule has 2 aromatic rings. The number of nitrogens with zero attached hydrogens (tertiary/aromatic N) is 4. The summed E-state index contributed by atoms with van der Waals surface area (Å²) >= 11 is 0. The van der Waals surface area contributed by atoms with Gasteiger partial charge in [0.1, 0.15) is 5.82 Å². The van der Waals surface area contributed by atoms with Gasteiger partial charge >= 0.3 is 0 Å². The van der Waals surface area contributed by atoms with E-state index < -0.39 is 0 Å². The molecular formula is C26H40N4. The second kappa shape index (κ2) is 9.40. The SMILES string of the molecule is CN1CCC(c2nc3ccccc3n2C2CCN(CC3CCCCCCC3)CC2)C1. The van der Waals surface area contributed by atoms with Crippen molar-refractivity contribution in [3.05, 3.63) is 30.1 Å². The molecule has 0 N–H and O–H groups in total. The van der Waals surface area contributed by atoms with Gasteiger partial charge in [0, 0.05) is 38.1 Å². The molecule has 1 aromatic carbocycles. The molecule has 3 fully saturated rings. The van der Waals surface area contributed by atoms with Crippen LogP contribution in [0, 0.1) is 5.92 Å². The molecule has 1 atom stereocenters. The lowest BCUT2D eigenvalue weighted by atomic mass is 9.90. The predicted octanol–water partition coefficient (Wildman–Crippen LogP) is 5.45. The monoisotopic (exact) mass is 408 g/mol. The van der Waals surface area contributed by atoms with E-state index in [0.29, 0.717) is 12.0 Å². The van der Waals surface area contributed by atoms with Gasteiger partial charge in [0.2, 0.25) is 0 Å². The maximum absolute atomic E-state index is 5.16. The van der Waals surface area contributed by atoms with Crippen molar-refractivity contribution in [2.24, 2.45) is 5.92 Å². The van der Waals surface area contributed by atoms with Crippen LogP contribution < -0.4 is 0 Å². The molecule has 4 heteroatoms. The highest BCUT2D eigenvalue weighted by Crippen LogP contribution is 2.35. The number of para-hydroxylation sites is 2. The first-order valence-corrected chi connectivity index (χ1v) is 12.7. The van der Waals surface area contributed by atoms with Crippen molar-refractivity contribution >= 4 is 11.0 Å². The Balaban J connectivity index is 1.28. The van der Waals surface area contributed by atoms with E-state index in [-0.39, 0.29) is 0 Å². The molecule has 2 saturated heterocycles. The number of fused-ring (bicyclic) bond motifs is 1. The molecule has 0 radical (unpaired) electrons. The molecule has 0 amide bonds. The number of piperidine rings is 1. The average Bonchev–Trinajstić information content (AvgIpc) is 3.34. The first-order chi connectivity index (χ1) is 14.8. The van der Waals surface area contributed by atoms with Crippen LogP contribution in [-0.2, 0) is 0 Å². The van der Waals surface area contributed by atoms with E-state index in [2.05, 4.69) is 45.7 Å². The van der Waals surface area contributed by atoms with Crippen molar-refractivity contribution < 1.29 is 0 Å². The van der Waals surface area contributed by atoms with Crippen molar-refractivity contribution in [2.45, 2.75) is 76.2 Å². The number of likely N-dealkylation sites (tertiary alicyclic amines) is 2. The predicted molar refractivity (Wildman–Crippen MR) is 125 cm³/mol. The maximum Gasteiger partial charge on any atom is 0.114 e. The summed E-state index contributed by atoms with van der Waals surface area (Å²) in [4.78, 5) is 10.4. The highest BCUT2D eigenvalue weighted by Gasteiger charge is 2.31. The van der Waals surface area contributed by atoms with Crippen LogP contribution in [0.4, 0.5) is 0 Å². The van der Waals surface area contributed by atoms with Crippen LogP contribution in [0.2, 0.25) is 0 Å². The average molecular weight is 409 g/mol. The van der Waals surface area contributed by atoms with E-state index in [1.807, 2.05) is 0 Å². The quantitative estimate of drug-likeness (QED) is 0.672. The fraction of sp³-hybridized carbons (Fsp3) is 0.731. The van der Waals surface area contributed by atoms with Gasteiger partial charge in [-0.05, 0) is 63.7 Å². The standard InChI is InChI=1S/C26H40N4/c1-28-16-13-22(20-28)26-27-24-11-7-8-12-25(24)30(26)23-14-17-29(18-15-23)19-21-9-5-3-2-4-6-10-21/h7-8,11-12,21-23H,2-6,9-10,13-20H2,1H3. The second-order valence-electron chi connectivity index (χ2n) is 10.3. The molecule has 30 heavy (non-hydrogen) atoms. The van der Waals surface area contributed by atoms with Crippen LogP contribution in [0.25, 0.3) is 11.0 Å². The fourth-order valence-corrected chi connectivity index (χ4v) is 6.33. The minimum absolute atomic E-state index is 0.593. The summed E-state index contributed by atoms with van der Waals surface area (Å²) in [6.45, 7) is 6.23. The lowest BCUT2D eigenvalue weighted by Crippen LogP contribution is -2.38. The molecule has 3 aliphatic rings. The Kier molecular flexibility index (Phi) is 6.42. The van der Waals surface area contributed by atoms with Gasteiger partial charge in [0.05, 0.1) is 11.0 Å². The molecule has 1 aliphatic carbocycles. The number of rotatable bonds is 4. The number of benzene rings is 1. The van der Waals surface area contributed by atoms with Crippen LogP contribution in [-0.4, -0.2) is 59.1 Å². The molecule has 0 spiro atoms. The zero-order chi connectivity index (χ0) is 20.3. The first-order valence-electron chi connectivity index (χ1n) is 12.7. The van der Waals surface area contributed by atoms with Crippen molar-refractivity contribution in [1.29, 1.82) is 0 Å². The minimum Gasteiger partial charge on any atom is -0.324 e. The van der Waals surface area contributed by atoms with E-state index in [1.165, 1.54) is 107 Å². The van der Waals surface area contributed by atoms with Crippen molar-refractivity contribution in [2.75, 3.05) is 39.8 Å². The second-order valence-corrected chi connectivity index (χ2v) is 10.3. The van der Waals surface area contributed by atoms with E-state index in [0.717, 1.165) is 12.5 Å². The summed E-state index contributed by atoms with van der Waals surface area (Å²) < 4.78 is 2.66. The molecule has 164 valence electrons. The number of hydrogen-bond acceptors (Lipinski definition) is 3. The van der Waals surface area contributed by atoms with Crippen LogP contribution >= 0.6 is 0 Å². The Labute approximate surface area is 182 Å². The number of hydrogen-bond donors (Lipinski definition) is 0. The van der Waals surface area contributed by atoms with Crippen LogP contribution in [0.15, 0.2) is 24.3 Å². The molecule has 0 bridgehead atoms.